The summed E-state index contributed by atoms with van der Waals surface area (Å²) in [5.41, 5.74) is 4.76. The smallest absolute Gasteiger partial charge is 0.240 e. The summed E-state index contributed by atoms with van der Waals surface area (Å²) in [6.07, 6.45) is 6.67. The van der Waals surface area contributed by atoms with Crippen LogP contribution in [0, 0.1) is 6.92 Å². The molecule has 1 aromatic rings. The zero-order chi connectivity index (χ0) is 13.2. The van der Waals surface area contributed by atoms with Gasteiger partial charge in [-0.05, 0) is 18.9 Å². The van der Waals surface area contributed by atoms with Crippen molar-refractivity contribution in [2.24, 2.45) is 5.10 Å². The van der Waals surface area contributed by atoms with Crippen LogP contribution in [0.25, 0.3) is 0 Å². The molecule has 1 N–H and O–H groups in total. The number of benzene rings is 1. The molecule has 0 aliphatic rings. The Kier molecular flexibility index (Phi) is 6.77. The number of hydrogen-bond acceptors (Lipinski definition) is 2. The summed E-state index contributed by atoms with van der Waals surface area (Å²) in [6, 6.07) is 8.00. The monoisotopic (exact) mass is 246 g/mol. The Morgan fingerprint density at radius 2 is 1.94 bits per heavy atom. The molecule has 0 bridgehead atoms. The van der Waals surface area contributed by atoms with Gasteiger partial charge in [0.05, 0.1) is 6.21 Å². The molecule has 1 rings (SSSR count). The maximum absolute atomic E-state index is 11.4. The maximum atomic E-state index is 11.4. The largest absolute Gasteiger partial charge is 0.273 e. The van der Waals surface area contributed by atoms with E-state index in [2.05, 4.69) is 17.5 Å². The third-order valence-corrected chi connectivity index (χ3v) is 2.74. The second-order valence-electron chi connectivity index (χ2n) is 4.51. The number of hydrazone groups is 1. The first-order valence-corrected chi connectivity index (χ1v) is 6.61. The van der Waals surface area contributed by atoms with Crippen LogP contribution in [0.4, 0.5) is 0 Å². The van der Waals surface area contributed by atoms with Gasteiger partial charge in [-0.15, -0.1) is 0 Å². The zero-order valence-electron chi connectivity index (χ0n) is 11.3. The number of nitrogens with one attached hydrogen (secondary N) is 1. The SMILES string of the molecule is CCCCCCC(=O)N/N=C/c1ccc(C)cc1. The minimum Gasteiger partial charge on any atom is -0.273 e. The fourth-order valence-electron chi connectivity index (χ4n) is 1.60. The number of carbonyl (C=O) groups excluding carboxylic acids is 1. The van der Waals surface area contributed by atoms with Crippen molar-refractivity contribution in [1.82, 2.24) is 5.43 Å². The number of nitrogens with zero attached hydrogens (tertiary/aromatic N) is 1. The van der Waals surface area contributed by atoms with E-state index in [1.165, 1.54) is 18.4 Å². The highest BCUT2D eigenvalue weighted by Gasteiger charge is 1.98. The van der Waals surface area contributed by atoms with Crippen LogP contribution in [0.3, 0.4) is 0 Å². The lowest BCUT2D eigenvalue weighted by atomic mass is 10.1. The van der Waals surface area contributed by atoms with Gasteiger partial charge in [0.2, 0.25) is 5.91 Å². The molecular formula is C15H22N2O. The molecule has 0 aromatic heterocycles. The Labute approximate surface area is 109 Å². The van der Waals surface area contributed by atoms with E-state index in [0.717, 1.165) is 18.4 Å². The highest BCUT2D eigenvalue weighted by molar-refractivity contribution is 5.82. The third-order valence-electron chi connectivity index (χ3n) is 2.74. The predicted molar refractivity (Wildman–Crippen MR) is 75.7 cm³/mol. The van der Waals surface area contributed by atoms with Gasteiger partial charge < -0.3 is 0 Å². The van der Waals surface area contributed by atoms with Crippen molar-refractivity contribution in [3.63, 3.8) is 0 Å². The van der Waals surface area contributed by atoms with Crippen LogP contribution in [0.1, 0.15) is 50.2 Å². The lowest BCUT2D eigenvalue weighted by Crippen LogP contribution is -2.16. The molecule has 1 amide bonds. The van der Waals surface area contributed by atoms with Crippen LogP contribution < -0.4 is 5.43 Å². The van der Waals surface area contributed by atoms with Crippen molar-refractivity contribution in [2.45, 2.75) is 46.0 Å². The lowest BCUT2D eigenvalue weighted by molar-refractivity contribution is -0.121. The maximum Gasteiger partial charge on any atom is 0.240 e. The van der Waals surface area contributed by atoms with Crippen molar-refractivity contribution < 1.29 is 4.79 Å². The van der Waals surface area contributed by atoms with E-state index < -0.39 is 0 Å². The van der Waals surface area contributed by atoms with E-state index in [1.54, 1.807) is 6.21 Å². The van der Waals surface area contributed by atoms with Crippen molar-refractivity contribution in [3.8, 4) is 0 Å². The van der Waals surface area contributed by atoms with Gasteiger partial charge in [0.15, 0.2) is 0 Å². The van der Waals surface area contributed by atoms with E-state index in [1.807, 2.05) is 31.2 Å². The average Bonchev–Trinajstić information content (AvgIpc) is 2.37. The second-order valence-corrected chi connectivity index (χ2v) is 4.51. The van der Waals surface area contributed by atoms with Crippen LogP contribution in [0.15, 0.2) is 29.4 Å². The highest BCUT2D eigenvalue weighted by atomic mass is 16.2. The molecule has 3 heteroatoms. The number of rotatable bonds is 7. The van der Waals surface area contributed by atoms with Gasteiger partial charge in [0, 0.05) is 6.42 Å². The summed E-state index contributed by atoms with van der Waals surface area (Å²) in [4.78, 5) is 11.4. The fraction of sp³-hybridized carbons (Fsp3) is 0.467. The molecule has 0 spiro atoms. The Bertz CT molecular complexity index is 382. The van der Waals surface area contributed by atoms with Gasteiger partial charge in [-0.2, -0.15) is 5.10 Å². The predicted octanol–water partition coefficient (Wildman–Crippen LogP) is 3.42. The molecule has 3 nitrogen and oxygen atoms in total. The Morgan fingerprint density at radius 1 is 1.22 bits per heavy atom. The lowest BCUT2D eigenvalue weighted by Gasteiger charge is -1.99. The zero-order valence-corrected chi connectivity index (χ0v) is 11.3. The number of amides is 1. The molecule has 18 heavy (non-hydrogen) atoms. The second kappa shape index (κ2) is 8.45. The first-order valence-electron chi connectivity index (χ1n) is 6.61. The van der Waals surface area contributed by atoms with Gasteiger partial charge in [-0.1, -0.05) is 56.0 Å². The van der Waals surface area contributed by atoms with Crippen LogP contribution in [-0.4, -0.2) is 12.1 Å². The van der Waals surface area contributed by atoms with Crippen LogP contribution in [0.5, 0.6) is 0 Å². The molecule has 1 aromatic carbocycles. The molecule has 0 atom stereocenters. The number of carbonyl (C=O) groups is 1. The average molecular weight is 246 g/mol. The van der Waals surface area contributed by atoms with Gasteiger partial charge in [-0.3, -0.25) is 4.79 Å². The van der Waals surface area contributed by atoms with Crippen molar-refractivity contribution in [1.29, 1.82) is 0 Å². The van der Waals surface area contributed by atoms with Gasteiger partial charge in [-0.25, -0.2) is 5.43 Å². The topological polar surface area (TPSA) is 41.5 Å². The summed E-state index contributed by atoms with van der Waals surface area (Å²) in [5.74, 6) is -0.00513. The van der Waals surface area contributed by atoms with E-state index >= 15 is 0 Å². The molecule has 0 saturated heterocycles. The number of unbranched alkanes of at least 4 members (excludes halogenated alkanes) is 3. The minimum atomic E-state index is -0.00513. The summed E-state index contributed by atoms with van der Waals surface area (Å²) in [6.45, 7) is 4.20. The summed E-state index contributed by atoms with van der Waals surface area (Å²) in [7, 11) is 0. The van der Waals surface area contributed by atoms with Crippen molar-refractivity contribution >= 4 is 12.1 Å². The molecule has 0 aliphatic heterocycles. The van der Waals surface area contributed by atoms with E-state index in [9.17, 15) is 4.79 Å². The Morgan fingerprint density at radius 3 is 2.61 bits per heavy atom. The molecule has 98 valence electrons. The van der Waals surface area contributed by atoms with E-state index in [4.69, 9.17) is 0 Å². The standard InChI is InChI=1S/C15H22N2O/c1-3-4-5-6-7-15(18)17-16-12-14-10-8-13(2)9-11-14/h8-12H,3-7H2,1-2H3,(H,17,18)/b16-12+. The summed E-state index contributed by atoms with van der Waals surface area (Å²) in [5, 5.41) is 3.95. The summed E-state index contributed by atoms with van der Waals surface area (Å²) < 4.78 is 0. The highest BCUT2D eigenvalue weighted by Crippen LogP contribution is 2.02. The Balaban J connectivity index is 2.23. The minimum absolute atomic E-state index is 0.00513. The number of aryl methyl sites for hydroxylation is 1. The molecule has 0 aliphatic carbocycles. The Hall–Kier alpha value is -1.64. The molecule has 0 saturated carbocycles. The van der Waals surface area contributed by atoms with E-state index in [0.29, 0.717) is 6.42 Å². The van der Waals surface area contributed by atoms with E-state index in [-0.39, 0.29) is 5.91 Å². The van der Waals surface area contributed by atoms with Gasteiger partial charge >= 0.3 is 0 Å². The van der Waals surface area contributed by atoms with Crippen LogP contribution in [0.2, 0.25) is 0 Å². The number of hydrogen-bond donors (Lipinski definition) is 1. The molecular weight excluding hydrogens is 224 g/mol. The van der Waals surface area contributed by atoms with Crippen LogP contribution in [-0.2, 0) is 4.79 Å². The molecule has 0 heterocycles. The molecule has 0 unspecified atom stereocenters. The fourth-order valence-corrected chi connectivity index (χ4v) is 1.60. The van der Waals surface area contributed by atoms with Gasteiger partial charge in [0.1, 0.15) is 0 Å². The van der Waals surface area contributed by atoms with Crippen LogP contribution >= 0.6 is 0 Å². The normalized spacial score (nSPS) is 10.8. The van der Waals surface area contributed by atoms with Crippen molar-refractivity contribution in [2.75, 3.05) is 0 Å². The molecule has 0 radical (unpaired) electrons. The summed E-state index contributed by atoms with van der Waals surface area (Å²) >= 11 is 0. The van der Waals surface area contributed by atoms with Crippen molar-refractivity contribution in [3.05, 3.63) is 35.4 Å². The third kappa shape index (κ3) is 6.18. The quantitative estimate of drug-likeness (QED) is 0.447. The van der Waals surface area contributed by atoms with Gasteiger partial charge in [0.25, 0.3) is 0 Å². The first kappa shape index (κ1) is 14.4. The molecule has 0 fully saturated rings. The first-order chi connectivity index (χ1) is 8.72.